The highest BCUT2D eigenvalue weighted by Crippen LogP contribution is 2.44. The molecule has 2 aromatic carbocycles. The Balaban J connectivity index is 1.94. The van der Waals surface area contributed by atoms with Crippen molar-refractivity contribution in [3.05, 3.63) is 82.3 Å². The number of allylic oxidation sites excluding steroid dienone is 1. The Morgan fingerprint density at radius 1 is 1.08 bits per heavy atom. The van der Waals surface area contributed by atoms with Gasteiger partial charge in [-0.05, 0) is 24.3 Å². The minimum Gasteiger partial charge on any atom is -0.487 e. The van der Waals surface area contributed by atoms with Crippen LogP contribution in [0.15, 0.2) is 65.1 Å². The van der Waals surface area contributed by atoms with Crippen LogP contribution in [-0.4, -0.2) is 32.8 Å². The first-order valence-electron chi connectivity index (χ1n) is 11.1. The molecule has 10 heteroatoms. The molecule has 1 aliphatic carbocycles. The molecule has 2 aromatic rings. The third-order valence-corrected chi connectivity index (χ3v) is 6.01. The van der Waals surface area contributed by atoms with Gasteiger partial charge in [0, 0.05) is 12.1 Å². The average Bonchev–Trinajstić information content (AvgIpc) is 3.71. The van der Waals surface area contributed by atoms with E-state index in [0.717, 1.165) is 44.1 Å². The minimum absolute atomic E-state index is 0.121. The van der Waals surface area contributed by atoms with E-state index in [0.29, 0.717) is 5.56 Å². The monoisotopic (exact) mass is 495 g/mol. The maximum atomic E-state index is 15.0. The number of nitrogens with zero attached hydrogens (tertiary/aromatic N) is 2. The van der Waals surface area contributed by atoms with E-state index in [1.165, 1.54) is 0 Å². The molecule has 1 unspecified atom stereocenters. The molecule has 2 aliphatic rings. The lowest BCUT2D eigenvalue weighted by molar-refractivity contribution is -0.139. The van der Waals surface area contributed by atoms with E-state index in [1.807, 2.05) is 6.07 Å². The molecule has 4 rings (SSSR count). The summed E-state index contributed by atoms with van der Waals surface area (Å²) in [6, 6.07) is 12.2. The number of hydrogen-bond donors (Lipinski definition) is 1. The lowest BCUT2D eigenvalue weighted by Crippen LogP contribution is -2.40. The molecule has 0 amide bonds. The Bertz CT molecular complexity index is 1290. The predicted molar refractivity (Wildman–Crippen MR) is 124 cm³/mol. The van der Waals surface area contributed by atoms with Gasteiger partial charge in [0.25, 0.3) is 0 Å². The Morgan fingerprint density at radius 2 is 1.69 bits per heavy atom. The van der Waals surface area contributed by atoms with E-state index in [-0.39, 0.29) is 35.2 Å². The number of halogens is 2. The van der Waals surface area contributed by atoms with Crippen LogP contribution in [0.2, 0.25) is 0 Å². The highest BCUT2D eigenvalue weighted by molar-refractivity contribution is 6.06. The van der Waals surface area contributed by atoms with Crippen LogP contribution in [0.3, 0.4) is 0 Å². The van der Waals surface area contributed by atoms with E-state index in [2.05, 4.69) is 0 Å². The summed E-state index contributed by atoms with van der Waals surface area (Å²) in [7, 11) is 2.19. The Labute approximate surface area is 206 Å². The van der Waals surface area contributed by atoms with Crippen LogP contribution in [0.4, 0.5) is 14.5 Å². The number of esters is 2. The number of rotatable bonds is 7. The number of carbonyl (C=O) groups is 2. The van der Waals surface area contributed by atoms with Gasteiger partial charge in [-0.25, -0.2) is 18.4 Å². The van der Waals surface area contributed by atoms with Gasteiger partial charge in [0.2, 0.25) is 0 Å². The van der Waals surface area contributed by atoms with E-state index < -0.39 is 40.9 Å². The first-order valence-corrected chi connectivity index (χ1v) is 11.1. The number of methoxy groups -OCH3 is 2. The summed E-state index contributed by atoms with van der Waals surface area (Å²) in [5.74, 6) is -5.74. The van der Waals surface area contributed by atoms with Crippen molar-refractivity contribution >= 4 is 17.6 Å². The first kappa shape index (κ1) is 24.7. The molecule has 1 heterocycles. The molecular weight excluding hydrogens is 472 g/mol. The quantitative estimate of drug-likeness (QED) is 0.579. The molecule has 36 heavy (non-hydrogen) atoms. The van der Waals surface area contributed by atoms with Crippen LogP contribution in [0.25, 0.3) is 0 Å². The summed E-state index contributed by atoms with van der Waals surface area (Å²) < 4.78 is 45.1. The van der Waals surface area contributed by atoms with Crippen LogP contribution < -0.4 is 15.4 Å². The number of ether oxygens (including phenoxy) is 3. The summed E-state index contributed by atoms with van der Waals surface area (Å²) >= 11 is 0. The summed E-state index contributed by atoms with van der Waals surface area (Å²) in [4.78, 5) is 27.0. The number of benzene rings is 2. The normalized spacial score (nSPS) is 17.5. The van der Waals surface area contributed by atoms with E-state index in [4.69, 9.17) is 19.9 Å². The van der Waals surface area contributed by atoms with Gasteiger partial charge >= 0.3 is 11.9 Å². The summed E-state index contributed by atoms with van der Waals surface area (Å²) in [6.07, 6.45) is 1.86. The van der Waals surface area contributed by atoms with E-state index >= 15 is 0 Å². The van der Waals surface area contributed by atoms with Crippen LogP contribution in [-0.2, 0) is 19.1 Å². The molecule has 0 radical (unpaired) electrons. The predicted octanol–water partition coefficient (Wildman–Crippen LogP) is 3.65. The van der Waals surface area contributed by atoms with Gasteiger partial charge in [-0.15, -0.1) is 0 Å². The zero-order valence-electron chi connectivity index (χ0n) is 19.6. The lowest BCUT2D eigenvalue weighted by atomic mass is 9.81. The first-order chi connectivity index (χ1) is 17.3. The second-order valence-electron chi connectivity index (χ2n) is 8.33. The lowest BCUT2D eigenvalue weighted by Gasteiger charge is -2.36. The fraction of sp³-hybridized carbons (Fsp3) is 0.269. The topological polar surface area (TPSA) is 115 Å². The number of hydrogen-bond acceptors (Lipinski definition) is 8. The van der Waals surface area contributed by atoms with Crippen LogP contribution in [0.1, 0.15) is 24.3 Å². The van der Waals surface area contributed by atoms with Crippen molar-refractivity contribution in [1.82, 2.24) is 0 Å². The standard InChI is InChI=1S/C26H23F2N3O5/c1-34-25(32)21-20(15-6-4-3-5-7-15)17(12-29)24(30)31(22(21)26(33)35-2)16-10-18(27)23(19(28)11-16)36-13-14-8-9-14/h3-7,10-11,14,20H,8-9,13,30H2,1-2H3. The van der Waals surface area contributed by atoms with Gasteiger partial charge in [-0.1, -0.05) is 30.3 Å². The third kappa shape index (κ3) is 4.47. The number of nitrogens with two attached hydrogens (primary N) is 1. The Kier molecular flexibility index (Phi) is 6.92. The molecular formula is C26H23F2N3O5. The average molecular weight is 495 g/mol. The van der Waals surface area contributed by atoms with Crippen molar-refractivity contribution in [2.24, 2.45) is 11.7 Å². The number of carbonyl (C=O) groups excluding carboxylic acids is 2. The molecule has 1 fully saturated rings. The fourth-order valence-electron chi connectivity index (χ4n) is 4.08. The second-order valence-corrected chi connectivity index (χ2v) is 8.33. The number of anilines is 1. The van der Waals surface area contributed by atoms with Gasteiger partial charge in [-0.3, -0.25) is 4.90 Å². The van der Waals surface area contributed by atoms with Gasteiger partial charge in [0.15, 0.2) is 17.4 Å². The maximum absolute atomic E-state index is 15.0. The van der Waals surface area contributed by atoms with Crippen molar-refractivity contribution in [2.45, 2.75) is 18.8 Å². The maximum Gasteiger partial charge on any atom is 0.355 e. The summed E-state index contributed by atoms with van der Waals surface area (Å²) in [5, 5.41) is 10.0. The van der Waals surface area contributed by atoms with Crippen molar-refractivity contribution in [2.75, 3.05) is 25.7 Å². The summed E-state index contributed by atoms with van der Waals surface area (Å²) in [5.41, 5.74) is 5.74. The summed E-state index contributed by atoms with van der Waals surface area (Å²) in [6.45, 7) is 0.177. The Morgan fingerprint density at radius 3 is 2.22 bits per heavy atom. The van der Waals surface area contributed by atoms with Crippen molar-refractivity contribution in [3.8, 4) is 11.8 Å². The molecule has 1 atom stereocenters. The highest BCUT2D eigenvalue weighted by Gasteiger charge is 2.43. The van der Waals surface area contributed by atoms with Crippen molar-refractivity contribution in [1.29, 1.82) is 5.26 Å². The van der Waals surface area contributed by atoms with Gasteiger partial charge in [0.05, 0.1) is 49.6 Å². The van der Waals surface area contributed by atoms with Crippen molar-refractivity contribution in [3.63, 3.8) is 0 Å². The fourth-order valence-corrected chi connectivity index (χ4v) is 4.08. The molecule has 8 nitrogen and oxygen atoms in total. The van der Waals surface area contributed by atoms with Gasteiger partial charge < -0.3 is 19.9 Å². The third-order valence-electron chi connectivity index (χ3n) is 6.01. The van der Waals surface area contributed by atoms with Crippen LogP contribution >= 0.6 is 0 Å². The van der Waals surface area contributed by atoms with Gasteiger partial charge in [-0.2, -0.15) is 5.26 Å². The zero-order chi connectivity index (χ0) is 26.0. The molecule has 2 N–H and O–H groups in total. The van der Waals surface area contributed by atoms with Crippen molar-refractivity contribution < 1.29 is 32.6 Å². The largest absolute Gasteiger partial charge is 0.487 e. The highest BCUT2D eigenvalue weighted by atomic mass is 19.1. The SMILES string of the molecule is COC(=O)C1=C(C(=O)OC)N(c2cc(F)c(OCC3CC3)c(F)c2)C(N)=C(C#N)C1c1ccccc1. The smallest absolute Gasteiger partial charge is 0.355 e. The number of nitriles is 1. The minimum atomic E-state index is -1.09. The van der Waals surface area contributed by atoms with Crippen LogP contribution in [0, 0.1) is 28.9 Å². The molecule has 186 valence electrons. The molecule has 0 saturated heterocycles. The molecule has 1 aliphatic heterocycles. The molecule has 0 bridgehead atoms. The van der Waals surface area contributed by atoms with E-state index in [1.54, 1.807) is 30.3 Å². The zero-order valence-corrected chi connectivity index (χ0v) is 19.6. The van der Waals surface area contributed by atoms with E-state index in [9.17, 15) is 23.6 Å². The second kappa shape index (κ2) is 10.1. The van der Waals surface area contributed by atoms with Gasteiger partial charge in [0.1, 0.15) is 11.5 Å². The molecule has 0 spiro atoms. The van der Waals surface area contributed by atoms with Crippen LogP contribution in [0.5, 0.6) is 5.75 Å². The molecule has 0 aromatic heterocycles. The molecule has 1 saturated carbocycles. The Hall–Kier alpha value is -4.39.